The molecule has 2 aromatic rings. The van der Waals surface area contributed by atoms with Crippen LogP contribution in [0, 0.1) is 5.82 Å². The molecule has 2 aliphatic rings. The molecule has 2 N–H and O–H groups in total. The van der Waals surface area contributed by atoms with Crippen molar-refractivity contribution in [2.75, 3.05) is 26.3 Å². The molecule has 0 unspecified atom stereocenters. The van der Waals surface area contributed by atoms with E-state index >= 15 is 0 Å². The number of aliphatic hydroxyl groups excluding tert-OH is 1. The second-order valence-electron chi connectivity index (χ2n) is 6.68. The van der Waals surface area contributed by atoms with Crippen molar-refractivity contribution in [1.29, 1.82) is 0 Å². The standard InChI is InChI=1S/C20H19FN2O5S/c21-14-5-7-15(8-6-14)29(26,27)22-18-13-19-20(25,17-4-2-1-3-16(17)18)28-12-10-23(19)9-11-24/h1-8,13,24-25H,9-12H2/t20-/m0/s1. The monoisotopic (exact) mass is 418 g/mol. The van der Waals surface area contributed by atoms with E-state index in [4.69, 9.17) is 4.74 Å². The van der Waals surface area contributed by atoms with E-state index in [1.165, 1.54) is 6.08 Å². The van der Waals surface area contributed by atoms with E-state index < -0.39 is 21.6 Å². The molecule has 1 aliphatic carbocycles. The first-order chi connectivity index (χ1) is 13.8. The minimum atomic E-state index is -4.12. The molecule has 9 heteroatoms. The number of ether oxygens (including phenoxy) is 1. The molecule has 0 amide bonds. The molecule has 0 saturated carbocycles. The van der Waals surface area contributed by atoms with Gasteiger partial charge in [0, 0.05) is 24.2 Å². The number of allylic oxidation sites excluding steroid dienone is 1. The van der Waals surface area contributed by atoms with Crippen LogP contribution in [0.5, 0.6) is 0 Å². The minimum Gasteiger partial charge on any atom is -0.395 e. The molecule has 29 heavy (non-hydrogen) atoms. The Kier molecular flexibility index (Phi) is 4.99. The number of β-amino-alcohol motifs (C(OH)–C–C–N with tert-alkyl or cyclic N) is 1. The fraction of sp³-hybridized carbons (Fsp3) is 0.250. The largest absolute Gasteiger partial charge is 0.395 e. The van der Waals surface area contributed by atoms with Crippen LogP contribution in [0.15, 0.2) is 69.6 Å². The lowest BCUT2D eigenvalue weighted by Crippen LogP contribution is -2.50. The van der Waals surface area contributed by atoms with Gasteiger partial charge < -0.3 is 19.8 Å². The molecule has 1 atom stereocenters. The first-order valence-electron chi connectivity index (χ1n) is 9.00. The number of hydrogen-bond donors (Lipinski definition) is 2. The molecule has 1 aliphatic heterocycles. The predicted octanol–water partition coefficient (Wildman–Crippen LogP) is 1.37. The number of halogens is 1. The van der Waals surface area contributed by atoms with Gasteiger partial charge in [-0.1, -0.05) is 24.3 Å². The number of aliphatic hydroxyl groups is 2. The van der Waals surface area contributed by atoms with Gasteiger partial charge in [0.1, 0.15) is 5.82 Å². The molecule has 1 saturated heterocycles. The summed E-state index contributed by atoms with van der Waals surface area (Å²) in [5.41, 5.74) is 1.21. The van der Waals surface area contributed by atoms with Crippen LogP contribution in [0.3, 0.4) is 0 Å². The van der Waals surface area contributed by atoms with Gasteiger partial charge in [-0.15, -0.1) is 0 Å². The molecule has 4 rings (SSSR count). The van der Waals surface area contributed by atoms with Gasteiger partial charge in [-0.2, -0.15) is 12.8 Å². The highest BCUT2D eigenvalue weighted by Crippen LogP contribution is 2.41. The summed E-state index contributed by atoms with van der Waals surface area (Å²) < 4.78 is 48.4. The van der Waals surface area contributed by atoms with Gasteiger partial charge in [0.2, 0.25) is 5.79 Å². The molecule has 1 heterocycles. The minimum absolute atomic E-state index is 0.123. The lowest BCUT2D eigenvalue weighted by molar-refractivity contribution is -0.219. The third-order valence-electron chi connectivity index (χ3n) is 4.90. The van der Waals surface area contributed by atoms with Crippen molar-refractivity contribution < 1.29 is 27.8 Å². The fourth-order valence-electron chi connectivity index (χ4n) is 3.54. The number of morpholine rings is 1. The SMILES string of the molecule is O=S(=O)(N=C1C=C2N(CCO)CCO[C@@]2(O)c2ccccc21)c1ccc(F)cc1. The number of sulfonamides is 1. The Balaban J connectivity index is 1.88. The Hall–Kier alpha value is -2.59. The van der Waals surface area contributed by atoms with Crippen LogP contribution in [0.4, 0.5) is 4.39 Å². The molecule has 152 valence electrons. The first kappa shape index (κ1) is 19.7. The van der Waals surface area contributed by atoms with Crippen molar-refractivity contribution in [3.8, 4) is 0 Å². The molecule has 0 spiro atoms. The average Bonchev–Trinajstić information content (AvgIpc) is 2.70. The average molecular weight is 418 g/mol. The number of rotatable bonds is 4. The van der Waals surface area contributed by atoms with Crippen LogP contribution in [0.1, 0.15) is 11.1 Å². The number of benzene rings is 2. The Morgan fingerprint density at radius 2 is 1.90 bits per heavy atom. The van der Waals surface area contributed by atoms with Gasteiger partial charge in [0.05, 0.1) is 29.5 Å². The van der Waals surface area contributed by atoms with Crippen molar-refractivity contribution in [1.82, 2.24) is 4.90 Å². The second-order valence-corrected chi connectivity index (χ2v) is 8.29. The van der Waals surface area contributed by atoms with Crippen molar-refractivity contribution in [2.45, 2.75) is 10.7 Å². The lowest BCUT2D eigenvalue weighted by atomic mass is 9.86. The van der Waals surface area contributed by atoms with Gasteiger partial charge in [-0.3, -0.25) is 0 Å². The van der Waals surface area contributed by atoms with E-state index in [9.17, 15) is 23.0 Å². The fourth-order valence-corrected chi connectivity index (χ4v) is 4.54. The van der Waals surface area contributed by atoms with E-state index in [0.717, 1.165) is 24.3 Å². The summed E-state index contributed by atoms with van der Waals surface area (Å²) >= 11 is 0. The van der Waals surface area contributed by atoms with Crippen LogP contribution in [-0.4, -0.2) is 55.5 Å². The summed E-state index contributed by atoms with van der Waals surface area (Å²) in [6.45, 7) is 0.768. The van der Waals surface area contributed by atoms with Crippen LogP contribution < -0.4 is 0 Å². The zero-order valence-corrected chi connectivity index (χ0v) is 16.1. The van der Waals surface area contributed by atoms with E-state index in [1.54, 1.807) is 29.2 Å². The quantitative estimate of drug-likeness (QED) is 0.778. The third kappa shape index (κ3) is 3.46. The molecule has 0 radical (unpaired) electrons. The Morgan fingerprint density at radius 1 is 1.17 bits per heavy atom. The molecule has 2 aromatic carbocycles. The maximum Gasteiger partial charge on any atom is 0.282 e. The third-order valence-corrected chi connectivity index (χ3v) is 6.21. The van der Waals surface area contributed by atoms with Gasteiger partial charge in [0.25, 0.3) is 10.0 Å². The highest BCUT2D eigenvalue weighted by atomic mass is 32.2. The van der Waals surface area contributed by atoms with E-state index in [-0.39, 0.29) is 30.4 Å². The topological polar surface area (TPSA) is 99.4 Å². The van der Waals surface area contributed by atoms with Crippen LogP contribution >= 0.6 is 0 Å². The van der Waals surface area contributed by atoms with Crippen LogP contribution in [-0.2, 0) is 20.5 Å². The summed E-state index contributed by atoms with van der Waals surface area (Å²) in [6.07, 6.45) is 1.46. The first-order valence-corrected chi connectivity index (χ1v) is 10.4. The number of hydrogen-bond acceptors (Lipinski definition) is 6. The molecular formula is C20H19FN2O5S. The summed E-state index contributed by atoms with van der Waals surface area (Å²) in [6, 6.07) is 11.1. The second kappa shape index (κ2) is 7.34. The smallest absolute Gasteiger partial charge is 0.282 e. The molecule has 1 fully saturated rings. The molecule has 7 nitrogen and oxygen atoms in total. The lowest BCUT2D eigenvalue weighted by Gasteiger charge is -2.45. The van der Waals surface area contributed by atoms with Crippen LogP contribution in [0.25, 0.3) is 0 Å². The predicted molar refractivity (Wildman–Crippen MR) is 103 cm³/mol. The summed E-state index contributed by atoms with van der Waals surface area (Å²) in [4.78, 5) is 1.59. The summed E-state index contributed by atoms with van der Waals surface area (Å²) in [5.74, 6) is -2.31. The van der Waals surface area contributed by atoms with E-state index in [2.05, 4.69) is 4.40 Å². The Bertz CT molecular complexity index is 1100. The van der Waals surface area contributed by atoms with Crippen molar-refractivity contribution in [3.05, 3.63) is 77.2 Å². The maximum atomic E-state index is 13.2. The van der Waals surface area contributed by atoms with Gasteiger partial charge in [-0.25, -0.2) is 4.39 Å². The molecular weight excluding hydrogens is 399 g/mol. The van der Waals surface area contributed by atoms with Gasteiger partial charge in [0.15, 0.2) is 0 Å². The van der Waals surface area contributed by atoms with E-state index in [0.29, 0.717) is 23.4 Å². The number of fused-ring (bicyclic) bond motifs is 3. The highest BCUT2D eigenvalue weighted by molar-refractivity contribution is 7.90. The molecule has 0 bridgehead atoms. The maximum absolute atomic E-state index is 13.2. The number of nitrogens with zero attached hydrogens (tertiary/aromatic N) is 2. The molecule has 0 aromatic heterocycles. The van der Waals surface area contributed by atoms with Crippen molar-refractivity contribution in [2.24, 2.45) is 4.40 Å². The zero-order chi connectivity index (χ0) is 20.6. The zero-order valence-electron chi connectivity index (χ0n) is 15.3. The summed E-state index contributed by atoms with van der Waals surface area (Å²) in [7, 11) is -4.12. The highest BCUT2D eigenvalue weighted by Gasteiger charge is 2.46. The Labute approximate surface area is 167 Å². The summed E-state index contributed by atoms with van der Waals surface area (Å²) in [5, 5.41) is 20.6. The van der Waals surface area contributed by atoms with Gasteiger partial charge in [-0.05, 0) is 30.3 Å². The van der Waals surface area contributed by atoms with Crippen molar-refractivity contribution in [3.63, 3.8) is 0 Å². The van der Waals surface area contributed by atoms with Gasteiger partial charge >= 0.3 is 0 Å². The normalized spacial score (nSPS) is 22.8. The van der Waals surface area contributed by atoms with Crippen LogP contribution in [0.2, 0.25) is 0 Å². The Morgan fingerprint density at radius 3 is 2.62 bits per heavy atom. The van der Waals surface area contributed by atoms with E-state index in [1.807, 2.05) is 0 Å². The van der Waals surface area contributed by atoms with Crippen molar-refractivity contribution >= 4 is 15.7 Å².